The van der Waals surface area contributed by atoms with Crippen molar-refractivity contribution < 1.29 is 14.3 Å². The third-order valence-electron chi connectivity index (χ3n) is 3.53. The Morgan fingerprint density at radius 3 is 2.32 bits per heavy atom. The smallest absolute Gasteiger partial charge is 0.220 e. The van der Waals surface area contributed by atoms with E-state index in [2.05, 4.69) is 23.8 Å². The molecule has 0 aromatic carbocycles. The number of ether oxygens (including phenoxy) is 2. The number of unbranched alkanes of at least 4 members (excludes halogenated alkanes) is 3. The molecule has 0 saturated heterocycles. The maximum atomic E-state index is 11.4. The number of hydrogen-bond donors (Lipinski definition) is 0. The van der Waals surface area contributed by atoms with Crippen LogP contribution in [-0.4, -0.2) is 35.7 Å². The first-order valence-electron chi connectivity index (χ1n) is 7.73. The van der Waals surface area contributed by atoms with E-state index in [1.807, 2.05) is 0 Å². The summed E-state index contributed by atoms with van der Waals surface area (Å²) in [5.74, 6) is 1.17. The molecule has 1 aromatic heterocycles. The van der Waals surface area contributed by atoms with E-state index < -0.39 is 0 Å². The van der Waals surface area contributed by atoms with E-state index in [1.54, 1.807) is 20.3 Å². The van der Waals surface area contributed by atoms with E-state index in [1.165, 1.54) is 31.0 Å². The van der Waals surface area contributed by atoms with Crippen LogP contribution in [0.1, 0.15) is 46.0 Å². The van der Waals surface area contributed by atoms with Gasteiger partial charge in [0.2, 0.25) is 11.8 Å². The fraction of sp³-hybridized carbons (Fsp3) is 0.688. The molecule has 2 unspecified atom stereocenters. The maximum Gasteiger partial charge on any atom is 0.220 e. The van der Waals surface area contributed by atoms with Gasteiger partial charge in [0.15, 0.2) is 5.16 Å². The number of methoxy groups -OCH3 is 2. The van der Waals surface area contributed by atoms with Gasteiger partial charge in [-0.25, -0.2) is 0 Å². The van der Waals surface area contributed by atoms with Gasteiger partial charge < -0.3 is 14.3 Å². The molecule has 0 aliphatic carbocycles. The third-order valence-corrected chi connectivity index (χ3v) is 4.77. The molecule has 0 spiro atoms. The van der Waals surface area contributed by atoms with Crippen molar-refractivity contribution in [2.45, 2.75) is 56.4 Å². The van der Waals surface area contributed by atoms with Crippen molar-refractivity contribution in [3.8, 4) is 11.8 Å². The number of rotatable bonds is 11. The summed E-state index contributed by atoms with van der Waals surface area (Å²) in [5.41, 5.74) is 0. The molecule has 0 N–H and O–H groups in total. The molecule has 2 atom stereocenters. The van der Waals surface area contributed by atoms with E-state index in [0.717, 1.165) is 19.1 Å². The molecule has 0 saturated carbocycles. The van der Waals surface area contributed by atoms with E-state index >= 15 is 0 Å². The van der Waals surface area contributed by atoms with Crippen molar-refractivity contribution in [3.63, 3.8) is 0 Å². The lowest BCUT2D eigenvalue weighted by atomic mass is 10.00. The van der Waals surface area contributed by atoms with Crippen LogP contribution in [0.3, 0.4) is 0 Å². The SMILES string of the molecule is CCCCCCC(C)C(C=O)Sc1nc(OC)cc(OC)n1. The van der Waals surface area contributed by atoms with Crippen LogP contribution in [0.25, 0.3) is 0 Å². The zero-order chi connectivity index (χ0) is 16.4. The minimum atomic E-state index is -0.154. The maximum absolute atomic E-state index is 11.4. The third kappa shape index (κ3) is 6.22. The molecule has 5 nitrogen and oxygen atoms in total. The molecule has 0 aliphatic rings. The van der Waals surface area contributed by atoms with Crippen LogP contribution in [0.15, 0.2) is 11.2 Å². The Morgan fingerprint density at radius 2 is 1.82 bits per heavy atom. The van der Waals surface area contributed by atoms with Gasteiger partial charge in [0, 0.05) is 0 Å². The Balaban J connectivity index is 2.66. The summed E-state index contributed by atoms with van der Waals surface area (Å²) in [7, 11) is 3.09. The molecule has 6 heteroatoms. The largest absolute Gasteiger partial charge is 0.481 e. The van der Waals surface area contributed by atoms with Gasteiger partial charge >= 0.3 is 0 Å². The fourth-order valence-corrected chi connectivity index (χ4v) is 3.06. The minimum Gasteiger partial charge on any atom is -0.481 e. The zero-order valence-electron chi connectivity index (χ0n) is 13.9. The summed E-state index contributed by atoms with van der Waals surface area (Å²) in [4.78, 5) is 20.0. The topological polar surface area (TPSA) is 61.3 Å². The number of carbonyl (C=O) groups excluding carboxylic acids is 1. The van der Waals surface area contributed by atoms with Crippen LogP contribution in [-0.2, 0) is 4.79 Å². The minimum absolute atomic E-state index is 0.154. The van der Waals surface area contributed by atoms with Crippen LogP contribution >= 0.6 is 11.8 Å². The second-order valence-corrected chi connectivity index (χ2v) is 6.43. The van der Waals surface area contributed by atoms with Crippen LogP contribution < -0.4 is 9.47 Å². The molecule has 1 rings (SSSR count). The summed E-state index contributed by atoms with van der Waals surface area (Å²) in [6, 6.07) is 1.62. The first kappa shape index (κ1) is 18.7. The number of carbonyl (C=O) groups is 1. The lowest BCUT2D eigenvalue weighted by Crippen LogP contribution is -2.16. The van der Waals surface area contributed by atoms with Crippen molar-refractivity contribution in [1.29, 1.82) is 0 Å². The van der Waals surface area contributed by atoms with Gasteiger partial charge in [0.1, 0.15) is 6.29 Å². The Hall–Kier alpha value is -1.30. The van der Waals surface area contributed by atoms with Gasteiger partial charge in [-0.3, -0.25) is 0 Å². The Kier molecular flexibility index (Phi) is 8.89. The van der Waals surface area contributed by atoms with Gasteiger partial charge in [-0.1, -0.05) is 51.3 Å². The fourth-order valence-electron chi connectivity index (χ4n) is 2.10. The van der Waals surface area contributed by atoms with Crippen molar-refractivity contribution in [2.75, 3.05) is 14.2 Å². The van der Waals surface area contributed by atoms with Crippen molar-refractivity contribution in [1.82, 2.24) is 9.97 Å². The number of nitrogens with zero attached hydrogens (tertiary/aromatic N) is 2. The van der Waals surface area contributed by atoms with Crippen molar-refractivity contribution in [2.24, 2.45) is 5.92 Å². The first-order valence-corrected chi connectivity index (χ1v) is 8.61. The van der Waals surface area contributed by atoms with Crippen molar-refractivity contribution >= 4 is 18.0 Å². The summed E-state index contributed by atoms with van der Waals surface area (Å²) >= 11 is 1.37. The van der Waals surface area contributed by atoms with Gasteiger partial charge in [0.25, 0.3) is 0 Å². The number of thioether (sulfide) groups is 1. The van der Waals surface area contributed by atoms with Crippen molar-refractivity contribution in [3.05, 3.63) is 6.07 Å². The van der Waals surface area contributed by atoms with E-state index in [4.69, 9.17) is 9.47 Å². The molecule has 1 heterocycles. The summed E-state index contributed by atoms with van der Waals surface area (Å²) in [6.07, 6.45) is 6.88. The lowest BCUT2D eigenvalue weighted by Gasteiger charge is -2.17. The summed E-state index contributed by atoms with van der Waals surface area (Å²) < 4.78 is 10.3. The molecule has 0 amide bonds. The highest BCUT2D eigenvalue weighted by atomic mass is 32.2. The van der Waals surface area contributed by atoms with Gasteiger partial charge in [-0.2, -0.15) is 9.97 Å². The number of hydrogen-bond acceptors (Lipinski definition) is 6. The molecular weight excluding hydrogens is 300 g/mol. The summed E-state index contributed by atoms with van der Waals surface area (Å²) in [6.45, 7) is 4.30. The average Bonchev–Trinajstić information content (AvgIpc) is 2.55. The number of aldehydes is 1. The summed E-state index contributed by atoms with van der Waals surface area (Å²) in [5, 5.41) is 0.354. The lowest BCUT2D eigenvalue weighted by molar-refractivity contribution is -0.108. The standard InChI is InChI=1S/C16H26N2O3S/c1-5-6-7-8-9-12(2)13(11-19)22-16-17-14(20-3)10-15(18-16)21-4/h10-13H,5-9H2,1-4H3. The normalized spacial score (nSPS) is 13.5. The monoisotopic (exact) mass is 326 g/mol. The van der Waals surface area contributed by atoms with E-state index in [-0.39, 0.29) is 5.25 Å². The van der Waals surface area contributed by atoms with Crippen LogP contribution in [0.2, 0.25) is 0 Å². The molecule has 0 radical (unpaired) electrons. The first-order chi connectivity index (χ1) is 10.6. The Labute approximate surface area is 137 Å². The Morgan fingerprint density at radius 1 is 1.18 bits per heavy atom. The molecule has 124 valence electrons. The average molecular weight is 326 g/mol. The molecule has 0 fully saturated rings. The van der Waals surface area contributed by atoms with Crippen LogP contribution in [0.4, 0.5) is 0 Å². The second kappa shape index (κ2) is 10.4. The molecule has 1 aromatic rings. The van der Waals surface area contributed by atoms with Gasteiger partial charge in [-0.05, 0) is 12.3 Å². The predicted molar refractivity (Wildman–Crippen MR) is 88.8 cm³/mol. The van der Waals surface area contributed by atoms with E-state index in [9.17, 15) is 4.79 Å². The molecule has 0 bridgehead atoms. The van der Waals surface area contributed by atoms with Crippen LogP contribution in [0.5, 0.6) is 11.8 Å². The Bertz CT molecular complexity index is 435. The quantitative estimate of drug-likeness (QED) is 0.267. The molecular formula is C16H26N2O3S. The van der Waals surface area contributed by atoms with Crippen LogP contribution in [0, 0.1) is 5.92 Å². The molecule has 22 heavy (non-hydrogen) atoms. The predicted octanol–water partition coefficient (Wildman–Crippen LogP) is 3.76. The number of aromatic nitrogens is 2. The second-order valence-electron chi connectivity index (χ2n) is 5.28. The van der Waals surface area contributed by atoms with E-state index in [0.29, 0.717) is 22.8 Å². The molecule has 0 aliphatic heterocycles. The highest BCUT2D eigenvalue weighted by Gasteiger charge is 2.20. The highest BCUT2D eigenvalue weighted by Crippen LogP contribution is 2.29. The zero-order valence-corrected chi connectivity index (χ0v) is 14.7. The van der Waals surface area contributed by atoms with Gasteiger partial charge in [-0.15, -0.1) is 0 Å². The highest BCUT2D eigenvalue weighted by molar-refractivity contribution is 8.00. The van der Waals surface area contributed by atoms with Gasteiger partial charge in [0.05, 0.1) is 25.5 Å².